The molecule has 0 rings (SSSR count). The topological polar surface area (TPSA) is 20.2 Å². The van der Waals surface area contributed by atoms with E-state index in [0.29, 0.717) is 11.9 Å². The van der Waals surface area contributed by atoms with Gasteiger partial charge < -0.3 is 5.11 Å². The van der Waals surface area contributed by atoms with Crippen molar-refractivity contribution in [3.05, 3.63) is 12.2 Å². The molecule has 11 heavy (non-hydrogen) atoms. The first-order valence-electron chi connectivity index (χ1n) is 4.09. The number of hydrogen-bond donors (Lipinski definition) is 1. The Morgan fingerprint density at radius 1 is 1.64 bits per heavy atom. The van der Waals surface area contributed by atoms with Gasteiger partial charge in [-0.2, -0.15) is 11.8 Å². The second-order valence-corrected chi connectivity index (χ2v) is 4.16. The van der Waals surface area contributed by atoms with Crippen LogP contribution in [0.25, 0.3) is 0 Å². The molecular weight excluding hydrogens is 156 g/mol. The lowest BCUT2D eigenvalue weighted by Gasteiger charge is -2.09. The molecule has 66 valence electrons. The number of aliphatic hydroxyl groups excluding tert-OH is 1. The Morgan fingerprint density at radius 3 is 2.73 bits per heavy atom. The molecule has 2 heteroatoms. The molecule has 0 bridgehead atoms. The van der Waals surface area contributed by atoms with E-state index in [1.807, 2.05) is 11.8 Å². The molecule has 1 N–H and O–H groups in total. The summed E-state index contributed by atoms with van der Waals surface area (Å²) in [5.41, 5.74) is 1.29. The Morgan fingerprint density at radius 2 is 2.27 bits per heavy atom. The van der Waals surface area contributed by atoms with Gasteiger partial charge >= 0.3 is 0 Å². The average Bonchev–Trinajstić information content (AvgIpc) is 2.01. The molecule has 0 aromatic carbocycles. The predicted molar refractivity (Wildman–Crippen MR) is 53.1 cm³/mol. The largest absolute Gasteiger partial charge is 0.396 e. The molecule has 0 aliphatic carbocycles. The van der Waals surface area contributed by atoms with Crippen LogP contribution in [0.2, 0.25) is 0 Å². The highest BCUT2D eigenvalue weighted by molar-refractivity contribution is 8.00. The third-order valence-electron chi connectivity index (χ3n) is 1.61. The van der Waals surface area contributed by atoms with Crippen LogP contribution >= 0.6 is 11.8 Å². The molecule has 0 aliphatic heterocycles. The van der Waals surface area contributed by atoms with Gasteiger partial charge in [0.2, 0.25) is 0 Å². The second-order valence-electron chi connectivity index (χ2n) is 2.74. The fraction of sp³-hybridized carbons (Fsp3) is 0.778. The number of aliphatic hydroxyl groups is 1. The number of hydrogen-bond acceptors (Lipinski definition) is 2. The summed E-state index contributed by atoms with van der Waals surface area (Å²) in [6.45, 7) is 8.49. The van der Waals surface area contributed by atoms with Crippen molar-refractivity contribution >= 4 is 11.8 Å². The van der Waals surface area contributed by atoms with E-state index in [9.17, 15) is 0 Å². The van der Waals surface area contributed by atoms with Crippen LogP contribution < -0.4 is 0 Å². The molecule has 1 atom stereocenters. The van der Waals surface area contributed by atoms with Gasteiger partial charge in [-0.05, 0) is 12.8 Å². The standard InChI is InChI=1S/C9H18OS/c1-4-8(2)7-11-9(3)5-6-10/h9-10H,2,4-7H2,1,3H3. The van der Waals surface area contributed by atoms with Gasteiger partial charge in [-0.3, -0.25) is 0 Å². The van der Waals surface area contributed by atoms with E-state index in [2.05, 4.69) is 20.4 Å². The van der Waals surface area contributed by atoms with Gasteiger partial charge in [-0.25, -0.2) is 0 Å². The molecule has 0 fully saturated rings. The normalized spacial score (nSPS) is 13.0. The minimum atomic E-state index is 0.298. The lowest BCUT2D eigenvalue weighted by atomic mass is 10.3. The van der Waals surface area contributed by atoms with Crippen LogP contribution in [0.4, 0.5) is 0 Å². The zero-order valence-electron chi connectivity index (χ0n) is 7.47. The van der Waals surface area contributed by atoms with Crippen LogP contribution in [0.3, 0.4) is 0 Å². The third kappa shape index (κ3) is 6.45. The first-order chi connectivity index (χ1) is 5.20. The Bertz CT molecular complexity index is 112. The van der Waals surface area contributed by atoms with Crippen LogP contribution in [0.15, 0.2) is 12.2 Å². The van der Waals surface area contributed by atoms with Crippen LogP contribution in [0.5, 0.6) is 0 Å². The van der Waals surface area contributed by atoms with Gasteiger partial charge in [0, 0.05) is 17.6 Å². The van der Waals surface area contributed by atoms with Crippen molar-refractivity contribution < 1.29 is 5.11 Å². The highest BCUT2D eigenvalue weighted by Crippen LogP contribution is 2.17. The highest BCUT2D eigenvalue weighted by atomic mass is 32.2. The van der Waals surface area contributed by atoms with Crippen LogP contribution in [-0.4, -0.2) is 22.7 Å². The summed E-state index contributed by atoms with van der Waals surface area (Å²) in [7, 11) is 0. The van der Waals surface area contributed by atoms with Gasteiger partial charge in [0.05, 0.1) is 0 Å². The first kappa shape index (κ1) is 11.1. The number of rotatable bonds is 6. The SMILES string of the molecule is C=C(CC)CSC(C)CCO. The van der Waals surface area contributed by atoms with Crippen LogP contribution in [-0.2, 0) is 0 Å². The average molecular weight is 174 g/mol. The van der Waals surface area contributed by atoms with Crippen molar-refractivity contribution in [2.45, 2.75) is 31.9 Å². The van der Waals surface area contributed by atoms with Gasteiger partial charge in [-0.1, -0.05) is 26.0 Å². The van der Waals surface area contributed by atoms with Gasteiger partial charge in [-0.15, -0.1) is 0 Å². The Labute approximate surface area is 73.9 Å². The quantitative estimate of drug-likeness (QED) is 0.624. The van der Waals surface area contributed by atoms with Gasteiger partial charge in [0.25, 0.3) is 0 Å². The van der Waals surface area contributed by atoms with Crippen molar-refractivity contribution in [2.75, 3.05) is 12.4 Å². The third-order valence-corrected chi connectivity index (χ3v) is 2.99. The van der Waals surface area contributed by atoms with Crippen LogP contribution in [0.1, 0.15) is 26.7 Å². The maximum Gasteiger partial charge on any atom is 0.0441 e. The van der Waals surface area contributed by atoms with E-state index >= 15 is 0 Å². The summed E-state index contributed by atoms with van der Waals surface area (Å²) in [4.78, 5) is 0. The molecule has 0 spiro atoms. The van der Waals surface area contributed by atoms with E-state index in [1.54, 1.807) is 0 Å². The summed E-state index contributed by atoms with van der Waals surface area (Å²) >= 11 is 1.87. The monoisotopic (exact) mass is 174 g/mol. The van der Waals surface area contributed by atoms with Gasteiger partial charge in [0.15, 0.2) is 0 Å². The minimum absolute atomic E-state index is 0.298. The van der Waals surface area contributed by atoms with E-state index in [1.165, 1.54) is 5.57 Å². The Balaban J connectivity index is 3.29. The van der Waals surface area contributed by atoms with E-state index in [0.717, 1.165) is 18.6 Å². The molecule has 1 unspecified atom stereocenters. The van der Waals surface area contributed by atoms with E-state index in [-0.39, 0.29) is 0 Å². The lowest BCUT2D eigenvalue weighted by Crippen LogP contribution is -2.01. The van der Waals surface area contributed by atoms with Crippen molar-refractivity contribution in [1.29, 1.82) is 0 Å². The van der Waals surface area contributed by atoms with Crippen molar-refractivity contribution in [3.8, 4) is 0 Å². The summed E-state index contributed by atoms with van der Waals surface area (Å²) in [5, 5.41) is 9.18. The summed E-state index contributed by atoms with van der Waals surface area (Å²) in [5.74, 6) is 1.04. The lowest BCUT2D eigenvalue weighted by molar-refractivity contribution is 0.289. The molecule has 0 saturated heterocycles. The minimum Gasteiger partial charge on any atom is -0.396 e. The Kier molecular flexibility index (Phi) is 6.77. The zero-order valence-corrected chi connectivity index (χ0v) is 8.28. The molecule has 0 saturated carbocycles. The van der Waals surface area contributed by atoms with E-state index in [4.69, 9.17) is 5.11 Å². The van der Waals surface area contributed by atoms with Crippen molar-refractivity contribution in [2.24, 2.45) is 0 Å². The second kappa shape index (κ2) is 6.74. The summed E-state index contributed by atoms with van der Waals surface area (Å²) < 4.78 is 0. The Hall–Kier alpha value is 0.0500. The van der Waals surface area contributed by atoms with Crippen molar-refractivity contribution in [1.82, 2.24) is 0 Å². The molecule has 0 aliphatic rings. The summed E-state index contributed by atoms with van der Waals surface area (Å²) in [6.07, 6.45) is 1.96. The fourth-order valence-corrected chi connectivity index (χ4v) is 1.62. The van der Waals surface area contributed by atoms with Gasteiger partial charge in [0.1, 0.15) is 0 Å². The molecule has 0 aromatic heterocycles. The van der Waals surface area contributed by atoms with Crippen LogP contribution in [0, 0.1) is 0 Å². The zero-order chi connectivity index (χ0) is 8.69. The maximum absolute atomic E-state index is 8.62. The highest BCUT2D eigenvalue weighted by Gasteiger charge is 2.01. The molecule has 1 nitrogen and oxygen atoms in total. The molecule has 0 radical (unpaired) electrons. The molecule has 0 aromatic rings. The molecule has 0 amide bonds. The fourth-order valence-electron chi connectivity index (χ4n) is 0.627. The summed E-state index contributed by atoms with van der Waals surface area (Å²) in [6, 6.07) is 0. The smallest absolute Gasteiger partial charge is 0.0441 e. The first-order valence-corrected chi connectivity index (χ1v) is 5.14. The van der Waals surface area contributed by atoms with E-state index < -0.39 is 0 Å². The predicted octanol–water partition coefficient (Wildman–Crippen LogP) is 2.46. The number of thioether (sulfide) groups is 1. The maximum atomic E-state index is 8.62. The van der Waals surface area contributed by atoms with Crippen molar-refractivity contribution in [3.63, 3.8) is 0 Å². The molecule has 0 heterocycles. The molecular formula is C9H18OS.